The minimum atomic E-state index is 0.490. The van der Waals surface area contributed by atoms with E-state index in [1.54, 1.807) is 12.1 Å². The Hall–Kier alpha value is -1.51. The topological polar surface area (TPSA) is 35.5 Å². The fourth-order valence-electron chi connectivity index (χ4n) is 3.14. The molecule has 1 radical (unpaired) electrons. The maximum absolute atomic E-state index is 10.1. The van der Waals surface area contributed by atoms with Crippen molar-refractivity contribution < 1.29 is 14.3 Å². The van der Waals surface area contributed by atoms with Gasteiger partial charge in [-0.05, 0) is 30.7 Å². The molecule has 0 aliphatic carbocycles. The van der Waals surface area contributed by atoms with Gasteiger partial charge < -0.3 is 9.47 Å². The number of unbranched alkanes of at least 4 members (excludes halogenated alkanes) is 13. The molecule has 1 aromatic carbocycles. The Morgan fingerprint density at radius 1 is 0.654 bits per heavy atom. The van der Waals surface area contributed by atoms with Crippen LogP contribution in [-0.2, 0) is 4.79 Å². The molecule has 0 amide bonds. The van der Waals surface area contributed by atoms with Gasteiger partial charge in [0.05, 0.1) is 6.61 Å². The highest BCUT2D eigenvalue weighted by Gasteiger charge is 1.97. The molecule has 0 saturated heterocycles. The summed E-state index contributed by atoms with van der Waals surface area (Å²) < 4.78 is 10.3. The first-order valence-corrected chi connectivity index (χ1v) is 10.6. The predicted molar refractivity (Wildman–Crippen MR) is 109 cm³/mol. The van der Waals surface area contributed by atoms with E-state index in [-0.39, 0.29) is 0 Å². The Morgan fingerprint density at radius 2 is 1.08 bits per heavy atom. The van der Waals surface area contributed by atoms with Crippen molar-refractivity contribution in [2.24, 2.45) is 0 Å². The van der Waals surface area contributed by atoms with Gasteiger partial charge in [0.1, 0.15) is 11.5 Å². The van der Waals surface area contributed by atoms with Crippen LogP contribution >= 0.6 is 0 Å². The average Bonchev–Trinajstić information content (AvgIpc) is 2.66. The van der Waals surface area contributed by atoms with Gasteiger partial charge in [-0.15, -0.1) is 0 Å². The van der Waals surface area contributed by atoms with E-state index < -0.39 is 0 Å². The SMILES string of the molecule is CCCCCCCCCCCCCCCCOc1ccc(O[C]=O)cc1. The largest absolute Gasteiger partial charge is 0.494 e. The normalized spacial score (nSPS) is 10.7. The molecule has 0 N–H and O–H groups in total. The van der Waals surface area contributed by atoms with Crippen LogP contribution in [0.25, 0.3) is 0 Å². The third kappa shape index (κ3) is 12.8. The molecule has 0 aromatic heterocycles. The Labute approximate surface area is 160 Å². The van der Waals surface area contributed by atoms with Crippen molar-refractivity contribution in [2.75, 3.05) is 6.61 Å². The highest BCUT2D eigenvalue weighted by Crippen LogP contribution is 2.18. The van der Waals surface area contributed by atoms with Crippen LogP contribution in [0.4, 0.5) is 0 Å². The second-order valence-corrected chi connectivity index (χ2v) is 7.10. The molecule has 0 saturated carbocycles. The summed E-state index contributed by atoms with van der Waals surface area (Å²) in [6.07, 6.45) is 19.1. The number of carbonyl (C=O) groups excluding carboxylic acids is 1. The maximum atomic E-state index is 10.1. The van der Waals surface area contributed by atoms with Gasteiger partial charge in [0.2, 0.25) is 0 Å². The molecule has 0 aliphatic heterocycles. The third-order valence-electron chi connectivity index (χ3n) is 4.75. The van der Waals surface area contributed by atoms with Gasteiger partial charge in [-0.2, -0.15) is 0 Å². The van der Waals surface area contributed by atoms with Crippen LogP contribution in [0.15, 0.2) is 24.3 Å². The van der Waals surface area contributed by atoms with Crippen LogP contribution in [0.5, 0.6) is 11.5 Å². The number of rotatable bonds is 18. The quantitative estimate of drug-likeness (QED) is 0.264. The second kappa shape index (κ2) is 16.9. The summed E-state index contributed by atoms with van der Waals surface area (Å²) in [5, 5.41) is 0. The number of benzene rings is 1. The lowest BCUT2D eigenvalue weighted by Crippen LogP contribution is -1.97. The smallest absolute Gasteiger partial charge is 0.423 e. The third-order valence-corrected chi connectivity index (χ3v) is 4.75. The first-order chi connectivity index (χ1) is 12.9. The lowest BCUT2D eigenvalue weighted by Gasteiger charge is -2.06. The molecule has 26 heavy (non-hydrogen) atoms. The van der Waals surface area contributed by atoms with Gasteiger partial charge in [0.25, 0.3) is 0 Å². The summed E-state index contributed by atoms with van der Waals surface area (Å²) in [6, 6.07) is 7.06. The van der Waals surface area contributed by atoms with Crippen LogP contribution in [0.1, 0.15) is 96.8 Å². The zero-order chi connectivity index (χ0) is 18.7. The van der Waals surface area contributed by atoms with E-state index in [0.717, 1.165) is 18.8 Å². The zero-order valence-corrected chi connectivity index (χ0v) is 16.6. The lowest BCUT2D eigenvalue weighted by molar-refractivity contribution is 0.304. The molecule has 3 nitrogen and oxygen atoms in total. The fourth-order valence-corrected chi connectivity index (χ4v) is 3.14. The first kappa shape index (κ1) is 22.5. The summed E-state index contributed by atoms with van der Waals surface area (Å²) in [5.41, 5.74) is 0. The molecule has 0 aliphatic rings. The van der Waals surface area contributed by atoms with Gasteiger partial charge in [0, 0.05) is 0 Å². The zero-order valence-electron chi connectivity index (χ0n) is 16.6. The van der Waals surface area contributed by atoms with Crippen LogP contribution in [0.3, 0.4) is 0 Å². The number of ether oxygens (including phenoxy) is 2. The summed E-state index contributed by atoms with van der Waals surface area (Å²) in [5.74, 6) is 1.31. The molecule has 147 valence electrons. The highest BCUT2D eigenvalue weighted by molar-refractivity contribution is 5.46. The van der Waals surface area contributed by atoms with Crippen molar-refractivity contribution >= 4 is 6.47 Å². The monoisotopic (exact) mass is 361 g/mol. The summed E-state index contributed by atoms with van der Waals surface area (Å²) in [4.78, 5) is 10.1. The first-order valence-electron chi connectivity index (χ1n) is 10.6. The number of hydrogen-bond donors (Lipinski definition) is 0. The highest BCUT2D eigenvalue weighted by atomic mass is 16.5. The lowest BCUT2D eigenvalue weighted by atomic mass is 10.0. The molecule has 0 bridgehead atoms. The van der Waals surface area contributed by atoms with Gasteiger partial charge in [-0.1, -0.05) is 90.4 Å². The van der Waals surface area contributed by atoms with Crippen LogP contribution in [0.2, 0.25) is 0 Å². The Bertz CT molecular complexity index is 428. The second-order valence-electron chi connectivity index (χ2n) is 7.10. The molecule has 0 fully saturated rings. The van der Waals surface area contributed by atoms with E-state index in [2.05, 4.69) is 11.7 Å². The van der Waals surface area contributed by atoms with Gasteiger partial charge in [0.15, 0.2) is 0 Å². The molecule has 3 heteroatoms. The van der Waals surface area contributed by atoms with E-state index in [1.165, 1.54) is 89.9 Å². The molecular formula is C23H37O3. The van der Waals surface area contributed by atoms with E-state index in [0.29, 0.717) is 5.75 Å². The molecule has 1 aromatic rings. The van der Waals surface area contributed by atoms with Crippen molar-refractivity contribution in [3.63, 3.8) is 0 Å². The van der Waals surface area contributed by atoms with Gasteiger partial charge in [-0.25, -0.2) is 4.79 Å². The van der Waals surface area contributed by atoms with E-state index >= 15 is 0 Å². The molecule has 0 heterocycles. The van der Waals surface area contributed by atoms with Crippen molar-refractivity contribution in [2.45, 2.75) is 96.8 Å². The van der Waals surface area contributed by atoms with Crippen molar-refractivity contribution in [1.29, 1.82) is 0 Å². The fraction of sp³-hybridized carbons (Fsp3) is 0.696. The molecule has 1 rings (SSSR count). The summed E-state index contributed by atoms with van der Waals surface area (Å²) in [7, 11) is 0. The van der Waals surface area contributed by atoms with E-state index in [1.807, 2.05) is 12.1 Å². The Kier molecular flexibility index (Phi) is 14.7. The van der Waals surface area contributed by atoms with Crippen LogP contribution in [0, 0.1) is 0 Å². The van der Waals surface area contributed by atoms with Crippen LogP contribution < -0.4 is 9.47 Å². The molecular weight excluding hydrogens is 324 g/mol. The van der Waals surface area contributed by atoms with Crippen molar-refractivity contribution in [1.82, 2.24) is 0 Å². The minimum absolute atomic E-state index is 0.490. The minimum Gasteiger partial charge on any atom is -0.494 e. The maximum Gasteiger partial charge on any atom is 0.423 e. The van der Waals surface area contributed by atoms with Crippen LogP contribution in [-0.4, -0.2) is 13.1 Å². The van der Waals surface area contributed by atoms with E-state index in [4.69, 9.17) is 4.74 Å². The van der Waals surface area contributed by atoms with Gasteiger partial charge >= 0.3 is 6.47 Å². The Balaban J connectivity index is 1.81. The van der Waals surface area contributed by atoms with Crippen molar-refractivity contribution in [3.8, 4) is 11.5 Å². The Morgan fingerprint density at radius 3 is 1.54 bits per heavy atom. The standard InChI is InChI=1S/C23H37O3/c1-2-3-4-5-6-7-8-9-10-11-12-13-14-15-20-25-22-16-18-23(19-17-22)26-21-24/h16-19H,2-15,20H2,1H3. The average molecular weight is 362 g/mol. The molecule has 0 atom stereocenters. The van der Waals surface area contributed by atoms with E-state index in [9.17, 15) is 4.79 Å². The molecule has 0 unspecified atom stereocenters. The summed E-state index contributed by atoms with van der Waals surface area (Å²) >= 11 is 0. The summed E-state index contributed by atoms with van der Waals surface area (Å²) in [6.45, 7) is 4.44. The van der Waals surface area contributed by atoms with Gasteiger partial charge in [-0.3, -0.25) is 0 Å². The number of hydrogen-bond acceptors (Lipinski definition) is 3. The predicted octanol–water partition coefficient (Wildman–Crippen LogP) is 6.99. The van der Waals surface area contributed by atoms with Crippen molar-refractivity contribution in [3.05, 3.63) is 24.3 Å². The molecule has 0 spiro atoms.